The van der Waals surface area contributed by atoms with E-state index in [-0.39, 0.29) is 17.4 Å². The van der Waals surface area contributed by atoms with Crippen LogP contribution in [0.1, 0.15) is 31.2 Å². The molecule has 0 amide bonds. The maximum Gasteiger partial charge on any atom is 0.573 e. The number of halogens is 4. The molecule has 1 aromatic rings. The summed E-state index contributed by atoms with van der Waals surface area (Å²) in [5, 5.41) is 0. The van der Waals surface area contributed by atoms with Crippen LogP contribution in [-0.4, -0.2) is 12.5 Å². The minimum atomic E-state index is -4.93. The van der Waals surface area contributed by atoms with Crippen molar-refractivity contribution in [3.8, 4) is 11.5 Å². The minimum absolute atomic E-state index is 0.126. The normalized spacial score (nSPS) is 19.0. The summed E-state index contributed by atoms with van der Waals surface area (Å²) in [6.45, 7) is 0. The first kappa shape index (κ1) is 13.5. The second-order valence-corrected chi connectivity index (χ2v) is 5.38. The van der Waals surface area contributed by atoms with Gasteiger partial charge in [0.25, 0.3) is 0 Å². The molecule has 0 bridgehead atoms. The predicted octanol–water partition coefficient (Wildman–Crippen LogP) is 4.22. The molecular formula is C14H14F4O2. The molecule has 2 nitrogen and oxygen atoms in total. The summed E-state index contributed by atoms with van der Waals surface area (Å²) >= 11 is 0. The largest absolute Gasteiger partial charge is 0.573 e. The van der Waals surface area contributed by atoms with E-state index in [0.29, 0.717) is 12.3 Å². The van der Waals surface area contributed by atoms with Crippen LogP contribution in [0.4, 0.5) is 17.6 Å². The number of ether oxygens (including phenoxy) is 2. The Morgan fingerprint density at radius 1 is 1.10 bits per heavy atom. The van der Waals surface area contributed by atoms with E-state index < -0.39 is 17.9 Å². The van der Waals surface area contributed by atoms with Gasteiger partial charge in [0.15, 0.2) is 11.6 Å². The molecule has 0 N–H and O–H groups in total. The van der Waals surface area contributed by atoms with Gasteiger partial charge in [-0.1, -0.05) is 6.07 Å². The summed E-state index contributed by atoms with van der Waals surface area (Å²) in [4.78, 5) is 0. The third-order valence-electron chi connectivity index (χ3n) is 3.38. The molecule has 0 spiro atoms. The Morgan fingerprint density at radius 3 is 2.35 bits per heavy atom. The van der Waals surface area contributed by atoms with Gasteiger partial charge >= 0.3 is 6.36 Å². The topological polar surface area (TPSA) is 18.5 Å². The molecule has 1 aromatic carbocycles. The lowest BCUT2D eigenvalue weighted by Gasteiger charge is -2.16. The molecule has 110 valence electrons. The van der Waals surface area contributed by atoms with Crippen molar-refractivity contribution >= 4 is 0 Å². The second-order valence-electron chi connectivity index (χ2n) is 5.38. The summed E-state index contributed by atoms with van der Waals surface area (Å²) in [6.07, 6.45) is -1.07. The van der Waals surface area contributed by atoms with Crippen LogP contribution < -0.4 is 9.47 Å². The van der Waals surface area contributed by atoms with Gasteiger partial charge in [-0.3, -0.25) is 0 Å². The van der Waals surface area contributed by atoms with E-state index in [1.165, 1.54) is 12.1 Å². The van der Waals surface area contributed by atoms with Gasteiger partial charge in [-0.15, -0.1) is 13.2 Å². The summed E-state index contributed by atoms with van der Waals surface area (Å²) in [5.74, 6) is -1.57. The highest BCUT2D eigenvalue weighted by molar-refractivity contribution is 5.45. The average Bonchev–Trinajstić information content (AvgIpc) is 3.20. The molecule has 2 aliphatic rings. The van der Waals surface area contributed by atoms with Gasteiger partial charge in [0, 0.05) is 0 Å². The molecule has 20 heavy (non-hydrogen) atoms. The van der Waals surface area contributed by atoms with Gasteiger partial charge in [-0.2, -0.15) is 0 Å². The summed E-state index contributed by atoms with van der Waals surface area (Å²) in [6, 6.07) is 2.87. The van der Waals surface area contributed by atoms with Crippen LogP contribution in [0.2, 0.25) is 0 Å². The lowest BCUT2D eigenvalue weighted by atomic mass is 10.1. The van der Waals surface area contributed by atoms with Crippen molar-refractivity contribution in [1.82, 2.24) is 0 Å². The highest BCUT2D eigenvalue weighted by Gasteiger charge is 2.36. The lowest BCUT2D eigenvalue weighted by Crippen LogP contribution is -2.19. The molecule has 2 fully saturated rings. The Balaban J connectivity index is 1.89. The first-order chi connectivity index (χ1) is 9.42. The molecule has 0 radical (unpaired) electrons. The van der Waals surface area contributed by atoms with E-state index >= 15 is 0 Å². The molecular weight excluding hydrogens is 276 g/mol. The Hall–Kier alpha value is -1.46. The minimum Gasteiger partial charge on any atom is -0.486 e. The van der Waals surface area contributed by atoms with Gasteiger partial charge in [-0.05, 0) is 49.7 Å². The van der Waals surface area contributed by atoms with Gasteiger partial charge in [0.2, 0.25) is 5.75 Å². The van der Waals surface area contributed by atoms with Crippen molar-refractivity contribution in [2.24, 2.45) is 5.92 Å². The molecule has 3 rings (SSSR count). The summed E-state index contributed by atoms with van der Waals surface area (Å²) in [7, 11) is 0. The second kappa shape index (κ2) is 4.82. The highest BCUT2D eigenvalue weighted by Crippen LogP contribution is 2.41. The average molecular weight is 290 g/mol. The fourth-order valence-corrected chi connectivity index (χ4v) is 2.04. The van der Waals surface area contributed by atoms with Crippen molar-refractivity contribution in [3.05, 3.63) is 23.5 Å². The molecule has 0 unspecified atom stereocenters. The van der Waals surface area contributed by atoms with Crippen LogP contribution in [0.5, 0.6) is 11.5 Å². The molecule has 0 aliphatic heterocycles. The Labute approximate surface area is 113 Å². The monoisotopic (exact) mass is 290 g/mol. The van der Waals surface area contributed by atoms with E-state index in [9.17, 15) is 17.6 Å². The highest BCUT2D eigenvalue weighted by atomic mass is 19.4. The Kier molecular flexibility index (Phi) is 3.26. The van der Waals surface area contributed by atoms with Crippen molar-refractivity contribution < 1.29 is 27.0 Å². The van der Waals surface area contributed by atoms with Crippen LogP contribution in [0.15, 0.2) is 12.1 Å². The first-order valence-corrected chi connectivity index (χ1v) is 6.66. The Bertz CT molecular complexity index is 505. The SMILES string of the molecule is Fc1c(CC2CC2)ccc(OC2CC2)c1OC(F)(F)F. The van der Waals surface area contributed by atoms with Crippen molar-refractivity contribution in [2.75, 3.05) is 0 Å². The third kappa shape index (κ3) is 3.35. The smallest absolute Gasteiger partial charge is 0.486 e. The molecule has 2 aliphatic carbocycles. The lowest BCUT2D eigenvalue weighted by molar-refractivity contribution is -0.276. The van der Waals surface area contributed by atoms with Gasteiger partial charge in [-0.25, -0.2) is 4.39 Å². The van der Waals surface area contributed by atoms with E-state index in [1.54, 1.807) is 0 Å². The summed E-state index contributed by atoms with van der Waals surface area (Å²) in [5.41, 5.74) is 0.259. The molecule has 0 saturated heterocycles. The molecule has 0 atom stereocenters. The Morgan fingerprint density at radius 2 is 1.80 bits per heavy atom. The van der Waals surface area contributed by atoms with Crippen molar-refractivity contribution in [3.63, 3.8) is 0 Å². The molecule has 0 heterocycles. The first-order valence-electron chi connectivity index (χ1n) is 6.66. The number of rotatable bonds is 5. The maximum atomic E-state index is 14.2. The number of hydrogen-bond acceptors (Lipinski definition) is 2. The number of hydrogen-bond donors (Lipinski definition) is 0. The fourth-order valence-electron chi connectivity index (χ4n) is 2.04. The van der Waals surface area contributed by atoms with Crippen LogP contribution in [0, 0.1) is 11.7 Å². The van der Waals surface area contributed by atoms with Crippen LogP contribution in [-0.2, 0) is 6.42 Å². The zero-order chi connectivity index (χ0) is 14.3. The number of benzene rings is 1. The summed E-state index contributed by atoms with van der Waals surface area (Å²) < 4.78 is 60.6. The quantitative estimate of drug-likeness (QED) is 0.756. The van der Waals surface area contributed by atoms with Crippen LogP contribution >= 0.6 is 0 Å². The zero-order valence-corrected chi connectivity index (χ0v) is 10.7. The maximum absolute atomic E-state index is 14.2. The van der Waals surface area contributed by atoms with E-state index in [0.717, 1.165) is 25.7 Å². The van der Waals surface area contributed by atoms with E-state index in [2.05, 4.69) is 4.74 Å². The van der Waals surface area contributed by atoms with E-state index in [4.69, 9.17) is 4.74 Å². The van der Waals surface area contributed by atoms with Crippen LogP contribution in [0.3, 0.4) is 0 Å². The van der Waals surface area contributed by atoms with Gasteiger partial charge in [0.1, 0.15) is 0 Å². The van der Waals surface area contributed by atoms with Gasteiger partial charge < -0.3 is 9.47 Å². The van der Waals surface area contributed by atoms with Crippen LogP contribution in [0.25, 0.3) is 0 Å². The zero-order valence-electron chi connectivity index (χ0n) is 10.7. The van der Waals surface area contributed by atoms with Gasteiger partial charge in [0.05, 0.1) is 6.10 Å². The van der Waals surface area contributed by atoms with E-state index in [1.807, 2.05) is 0 Å². The molecule has 0 aromatic heterocycles. The van der Waals surface area contributed by atoms with Crippen molar-refractivity contribution in [1.29, 1.82) is 0 Å². The fraction of sp³-hybridized carbons (Fsp3) is 0.571. The van der Waals surface area contributed by atoms with Crippen molar-refractivity contribution in [2.45, 2.75) is 44.6 Å². The molecule has 2 saturated carbocycles. The number of alkyl halides is 3. The predicted molar refractivity (Wildman–Crippen MR) is 63.2 cm³/mol. The third-order valence-corrected chi connectivity index (χ3v) is 3.38. The standard InChI is InChI=1S/C14H14F4O2/c15-12-9(7-8-1-2-8)3-6-11(19-10-4-5-10)13(12)20-14(16,17)18/h3,6,8,10H,1-2,4-5,7H2. The molecule has 6 heteroatoms.